The van der Waals surface area contributed by atoms with Crippen LogP contribution in [0.4, 0.5) is 0 Å². The molecule has 1 fully saturated rings. The predicted molar refractivity (Wildman–Crippen MR) is 181 cm³/mol. The predicted octanol–water partition coefficient (Wildman–Crippen LogP) is 6.61. The zero-order chi connectivity index (χ0) is 35.7. The average Bonchev–Trinajstić information content (AvgIpc) is 3.13. The van der Waals surface area contributed by atoms with Crippen LogP contribution < -0.4 is 0 Å². The smallest absolute Gasteiger partial charge is 0.338 e. The quantitative estimate of drug-likeness (QED) is 0.0620. The van der Waals surface area contributed by atoms with Crippen LogP contribution in [0.5, 0.6) is 0 Å². The highest BCUT2D eigenvalue weighted by atomic mass is 35.6. The van der Waals surface area contributed by atoms with Crippen LogP contribution in [-0.4, -0.2) is 70.9 Å². The zero-order valence-corrected chi connectivity index (χ0v) is 28.1. The SMILES string of the molecule is N=C(OC1O[C@H](COC(=O)c2ccccc2)[C@@H](OC(=O)c2ccccc2)[C@H](OC(=O)c2ccccc2)[C@H]1OC(=O)c1ccccc1)C(Cl)(Cl)Cl. The van der Waals surface area contributed by atoms with E-state index in [-0.39, 0.29) is 22.3 Å². The van der Waals surface area contributed by atoms with Gasteiger partial charge in [0.25, 0.3) is 3.79 Å². The molecule has 1 unspecified atom stereocenters. The van der Waals surface area contributed by atoms with Gasteiger partial charge in [0.15, 0.2) is 12.2 Å². The first-order valence-corrected chi connectivity index (χ1v) is 16.1. The van der Waals surface area contributed by atoms with Gasteiger partial charge in [0.05, 0.1) is 22.3 Å². The zero-order valence-electron chi connectivity index (χ0n) is 25.9. The molecule has 1 N–H and O–H groups in total. The minimum atomic E-state index is -2.40. The Morgan fingerprint density at radius 1 is 0.540 bits per heavy atom. The van der Waals surface area contributed by atoms with Crippen LogP contribution in [0.3, 0.4) is 0 Å². The molecule has 14 heteroatoms. The molecule has 0 radical (unpaired) electrons. The Balaban J connectivity index is 1.58. The Morgan fingerprint density at radius 2 is 0.900 bits per heavy atom. The first-order valence-electron chi connectivity index (χ1n) is 15.0. The van der Waals surface area contributed by atoms with Gasteiger partial charge in [0.2, 0.25) is 18.3 Å². The molecular weight excluding hydrogens is 713 g/mol. The standard InChI is InChI=1S/C36H28Cl3NO10/c37-36(38,39)35(40)50-34-29(49-33(44)25-19-11-4-12-20-25)28(48-32(43)24-17-9-3-10-18-24)27(47-31(42)23-15-7-2-8-16-23)26(46-34)21-45-30(41)22-13-5-1-6-14-22/h1-20,26-29,34,40H,21H2/t26-,27-,28+,29-,34?/m1/s1. The number of carbonyl (C=O) groups is 4. The second kappa shape index (κ2) is 16.6. The van der Waals surface area contributed by atoms with Crippen LogP contribution in [0.2, 0.25) is 0 Å². The number of carbonyl (C=O) groups excluding carboxylic acids is 4. The van der Waals surface area contributed by atoms with Gasteiger partial charge >= 0.3 is 23.9 Å². The Kier molecular flexibility index (Phi) is 12.1. The number of rotatable bonds is 10. The number of hydrogen-bond acceptors (Lipinski definition) is 11. The highest BCUT2D eigenvalue weighted by Crippen LogP contribution is 2.35. The van der Waals surface area contributed by atoms with E-state index >= 15 is 0 Å². The van der Waals surface area contributed by atoms with Crippen LogP contribution in [0.1, 0.15) is 41.4 Å². The van der Waals surface area contributed by atoms with Gasteiger partial charge in [-0.3, -0.25) is 5.41 Å². The molecule has 11 nitrogen and oxygen atoms in total. The minimum Gasteiger partial charge on any atom is -0.459 e. The monoisotopic (exact) mass is 739 g/mol. The summed E-state index contributed by atoms with van der Waals surface area (Å²) in [6.07, 6.45) is -8.34. The molecule has 0 aromatic heterocycles. The molecular formula is C36H28Cl3NO10. The van der Waals surface area contributed by atoms with Crippen LogP contribution in [0, 0.1) is 5.41 Å². The van der Waals surface area contributed by atoms with E-state index in [1.54, 1.807) is 72.8 Å². The average molecular weight is 741 g/mol. The molecule has 0 aliphatic carbocycles. The lowest BCUT2D eigenvalue weighted by molar-refractivity contribution is -0.279. The lowest BCUT2D eigenvalue weighted by atomic mass is 9.97. The van der Waals surface area contributed by atoms with Crippen LogP contribution in [0.25, 0.3) is 0 Å². The fraction of sp³-hybridized carbons (Fsp3) is 0.194. The third kappa shape index (κ3) is 9.39. The summed E-state index contributed by atoms with van der Waals surface area (Å²) in [5, 5.41) is 8.26. The highest BCUT2D eigenvalue weighted by molar-refractivity contribution is 6.76. The fourth-order valence-corrected chi connectivity index (χ4v) is 4.94. The Hall–Kier alpha value is -4.94. The summed E-state index contributed by atoms with van der Waals surface area (Å²) in [5.74, 6) is -4.41. The van der Waals surface area contributed by atoms with Gasteiger partial charge in [-0.1, -0.05) is 108 Å². The fourth-order valence-electron chi connectivity index (χ4n) is 4.81. The molecule has 4 aromatic carbocycles. The van der Waals surface area contributed by atoms with E-state index in [0.717, 1.165) is 0 Å². The summed E-state index contributed by atoms with van der Waals surface area (Å²) < 4.78 is 32.5. The second-order valence-electron chi connectivity index (χ2n) is 10.7. The number of esters is 4. The van der Waals surface area contributed by atoms with Crippen molar-refractivity contribution >= 4 is 64.6 Å². The van der Waals surface area contributed by atoms with Crippen LogP contribution in [0.15, 0.2) is 121 Å². The van der Waals surface area contributed by atoms with E-state index in [9.17, 15) is 19.2 Å². The largest absolute Gasteiger partial charge is 0.459 e. The van der Waals surface area contributed by atoms with Crippen molar-refractivity contribution < 1.29 is 47.6 Å². The van der Waals surface area contributed by atoms with Crippen molar-refractivity contribution in [3.63, 3.8) is 0 Å². The lowest BCUT2D eigenvalue weighted by Crippen LogP contribution is -2.63. The van der Waals surface area contributed by atoms with Gasteiger partial charge in [0.1, 0.15) is 12.7 Å². The minimum absolute atomic E-state index is 0.0904. The molecule has 5 rings (SSSR count). The maximum Gasteiger partial charge on any atom is 0.338 e. The molecule has 5 atom stereocenters. The van der Waals surface area contributed by atoms with Crippen molar-refractivity contribution in [2.45, 2.75) is 34.5 Å². The summed E-state index contributed by atoms with van der Waals surface area (Å²) in [5.41, 5.74) is 0.509. The van der Waals surface area contributed by atoms with Crippen LogP contribution in [-0.2, 0) is 28.4 Å². The summed E-state index contributed by atoms with van der Waals surface area (Å²) in [6, 6.07) is 31.5. The Labute approximate surface area is 301 Å². The molecule has 1 aliphatic rings. The van der Waals surface area contributed by atoms with Crippen molar-refractivity contribution in [1.29, 1.82) is 5.41 Å². The molecule has 1 aliphatic heterocycles. The van der Waals surface area contributed by atoms with E-state index in [1.165, 1.54) is 48.5 Å². The van der Waals surface area contributed by atoms with Gasteiger partial charge in [-0.25, -0.2) is 19.2 Å². The number of halogens is 3. The van der Waals surface area contributed by atoms with E-state index < -0.39 is 70.9 Å². The molecule has 1 heterocycles. The van der Waals surface area contributed by atoms with E-state index in [0.29, 0.717) is 0 Å². The Morgan fingerprint density at radius 3 is 1.30 bits per heavy atom. The lowest BCUT2D eigenvalue weighted by Gasteiger charge is -2.44. The summed E-state index contributed by atoms with van der Waals surface area (Å²) in [7, 11) is 0. The van der Waals surface area contributed by atoms with E-state index in [1.807, 2.05) is 0 Å². The van der Waals surface area contributed by atoms with Gasteiger partial charge in [-0.2, -0.15) is 0 Å². The van der Waals surface area contributed by atoms with Crippen molar-refractivity contribution in [2.75, 3.05) is 6.61 Å². The number of alkyl halides is 3. The number of ether oxygens (including phenoxy) is 6. The van der Waals surface area contributed by atoms with E-state index in [4.69, 9.17) is 68.6 Å². The first kappa shape index (κ1) is 36.3. The molecule has 258 valence electrons. The topological polar surface area (TPSA) is 148 Å². The van der Waals surface area contributed by atoms with E-state index in [2.05, 4.69) is 0 Å². The summed E-state index contributed by atoms with van der Waals surface area (Å²) in [6.45, 7) is -0.597. The van der Waals surface area contributed by atoms with Crippen molar-refractivity contribution in [3.05, 3.63) is 144 Å². The highest BCUT2D eigenvalue weighted by Gasteiger charge is 2.55. The molecule has 0 spiro atoms. The molecule has 50 heavy (non-hydrogen) atoms. The first-order chi connectivity index (χ1) is 24.0. The summed E-state index contributed by atoms with van der Waals surface area (Å²) in [4.78, 5) is 53.5. The van der Waals surface area contributed by atoms with Crippen molar-refractivity contribution in [3.8, 4) is 0 Å². The third-order valence-corrected chi connectivity index (χ3v) is 7.74. The molecule has 0 saturated carbocycles. The second-order valence-corrected chi connectivity index (χ2v) is 12.9. The van der Waals surface area contributed by atoms with Crippen LogP contribution >= 0.6 is 34.8 Å². The normalized spacial score (nSPS) is 20.1. The Bertz CT molecular complexity index is 1790. The number of hydrogen-bond donors (Lipinski definition) is 1. The molecule has 0 amide bonds. The number of benzene rings is 4. The summed E-state index contributed by atoms with van der Waals surface area (Å²) >= 11 is 17.8. The van der Waals surface area contributed by atoms with Crippen molar-refractivity contribution in [1.82, 2.24) is 0 Å². The van der Waals surface area contributed by atoms with Gasteiger partial charge in [-0.05, 0) is 48.5 Å². The maximum absolute atomic E-state index is 13.6. The molecule has 0 bridgehead atoms. The maximum atomic E-state index is 13.6. The molecule has 4 aromatic rings. The van der Waals surface area contributed by atoms with Gasteiger partial charge < -0.3 is 28.4 Å². The van der Waals surface area contributed by atoms with Gasteiger partial charge in [-0.15, -0.1) is 0 Å². The molecule has 1 saturated heterocycles. The third-order valence-electron chi connectivity index (χ3n) is 7.23. The van der Waals surface area contributed by atoms with Gasteiger partial charge in [0, 0.05) is 0 Å². The number of nitrogens with one attached hydrogen (secondary N) is 1. The van der Waals surface area contributed by atoms with Crippen molar-refractivity contribution in [2.24, 2.45) is 0 Å².